The van der Waals surface area contributed by atoms with Crippen molar-refractivity contribution in [3.05, 3.63) is 28.8 Å². The summed E-state index contributed by atoms with van der Waals surface area (Å²) in [6.45, 7) is 0. The Kier molecular flexibility index (Phi) is 7.09. The fourth-order valence-corrected chi connectivity index (χ4v) is 2.11. The van der Waals surface area contributed by atoms with Crippen LogP contribution < -0.4 is 4.74 Å². The van der Waals surface area contributed by atoms with Gasteiger partial charge in [0, 0.05) is 17.9 Å². The summed E-state index contributed by atoms with van der Waals surface area (Å²) in [6.07, 6.45) is 3.73. The number of unbranched alkanes of at least 4 members (excludes halogenated alkanes) is 3. The molecule has 0 aromatic heterocycles. The zero-order chi connectivity index (χ0) is 15.0. The van der Waals surface area contributed by atoms with Gasteiger partial charge in [-0.05, 0) is 31.0 Å². The SMILES string of the molecule is COc1cc(Cl)ccc1C(=O)CCCCCCC(=O)O. The van der Waals surface area contributed by atoms with E-state index in [9.17, 15) is 9.59 Å². The molecule has 1 aromatic carbocycles. The molecule has 0 saturated heterocycles. The van der Waals surface area contributed by atoms with E-state index in [0.717, 1.165) is 19.3 Å². The summed E-state index contributed by atoms with van der Waals surface area (Å²) in [4.78, 5) is 22.4. The van der Waals surface area contributed by atoms with Crippen LogP contribution in [0, 0.1) is 0 Å². The van der Waals surface area contributed by atoms with Gasteiger partial charge in [-0.3, -0.25) is 9.59 Å². The molecule has 0 radical (unpaired) electrons. The number of benzene rings is 1. The van der Waals surface area contributed by atoms with Gasteiger partial charge in [0.1, 0.15) is 5.75 Å². The first-order valence-electron chi connectivity index (χ1n) is 6.63. The lowest BCUT2D eigenvalue weighted by molar-refractivity contribution is -0.137. The Morgan fingerprint density at radius 3 is 2.40 bits per heavy atom. The number of hydrogen-bond acceptors (Lipinski definition) is 3. The fraction of sp³-hybridized carbons (Fsp3) is 0.467. The van der Waals surface area contributed by atoms with Gasteiger partial charge in [-0.2, -0.15) is 0 Å². The Bertz CT molecular complexity index is 471. The lowest BCUT2D eigenvalue weighted by Crippen LogP contribution is -2.02. The summed E-state index contributed by atoms with van der Waals surface area (Å²) in [5.41, 5.74) is 0.544. The Morgan fingerprint density at radius 1 is 1.15 bits per heavy atom. The number of halogens is 1. The molecular weight excluding hydrogens is 280 g/mol. The lowest BCUT2D eigenvalue weighted by atomic mass is 10.0. The van der Waals surface area contributed by atoms with Gasteiger partial charge >= 0.3 is 5.97 Å². The van der Waals surface area contributed by atoms with Crippen LogP contribution in [-0.4, -0.2) is 24.0 Å². The van der Waals surface area contributed by atoms with Crippen LogP contribution in [0.3, 0.4) is 0 Å². The molecule has 0 aliphatic heterocycles. The first-order chi connectivity index (χ1) is 9.54. The van der Waals surface area contributed by atoms with E-state index in [1.54, 1.807) is 18.2 Å². The molecule has 0 heterocycles. The normalized spacial score (nSPS) is 10.3. The fourth-order valence-electron chi connectivity index (χ4n) is 1.95. The average molecular weight is 299 g/mol. The number of carboxylic acids is 1. The van der Waals surface area contributed by atoms with Crippen LogP contribution in [0.1, 0.15) is 48.9 Å². The maximum absolute atomic E-state index is 12.1. The van der Waals surface area contributed by atoms with Crippen LogP contribution >= 0.6 is 11.6 Å². The van der Waals surface area contributed by atoms with Gasteiger partial charge in [0.15, 0.2) is 5.78 Å². The Balaban J connectivity index is 2.38. The van der Waals surface area contributed by atoms with Gasteiger partial charge in [0.25, 0.3) is 0 Å². The van der Waals surface area contributed by atoms with Gasteiger partial charge in [-0.25, -0.2) is 0 Å². The molecule has 1 rings (SSSR count). The lowest BCUT2D eigenvalue weighted by Gasteiger charge is -2.08. The number of carbonyl (C=O) groups excluding carboxylic acids is 1. The van der Waals surface area contributed by atoms with Crippen LogP contribution in [0.4, 0.5) is 0 Å². The third kappa shape index (κ3) is 5.61. The number of rotatable bonds is 9. The molecule has 0 aliphatic rings. The van der Waals surface area contributed by atoms with Crippen molar-refractivity contribution >= 4 is 23.4 Å². The number of Topliss-reactive ketones (excluding diaryl/α,β-unsaturated/α-hetero) is 1. The number of ketones is 1. The number of methoxy groups -OCH3 is 1. The van der Waals surface area contributed by atoms with Crippen LogP contribution in [0.25, 0.3) is 0 Å². The summed E-state index contributed by atoms with van der Waals surface area (Å²) in [7, 11) is 1.51. The van der Waals surface area contributed by atoms with Gasteiger partial charge in [-0.1, -0.05) is 24.4 Å². The predicted molar refractivity (Wildman–Crippen MR) is 77.7 cm³/mol. The summed E-state index contributed by atoms with van der Waals surface area (Å²) >= 11 is 5.85. The van der Waals surface area contributed by atoms with E-state index < -0.39 is 5.97 Å². The molecule has 0 unspecified atom stereocenters. The van der Waals surface area contributed by atoms with Crippen LogP contribution in [0.2, 0.25) is 5.02 Å². The molecule has 0 fully saturated rings. The summed E-state index contributed by atoms with van der Waals surface area (Å²) < 4.78 is 5.15. The zero-order valence-corrected chi connectivity index (χ0v) is 12.3. The van der Waals surface area contributed by atoms with Crippen molar-refractivity contribution in [3.63, 3.8) is 0 Å². The minimum absolute atomic E-state index is 0.0248. The molecule has 20 heavy (non-hydrogen) atoms. The minimum Gasteiger partial charge on any atom is -0.496 e. The van der Waals surface area contributed by atoms with E-state index in [-0.39, 0.29) is 12.2 Å². The second-order valence-electron chi connectivity index (χ2n) is 4.58. The molecule has 0 amide bonds. The van der Waals surface area contributed by atoms with Crippen molar-refractivity contribution in [2.75, 3.05) is 7.11 Å². The molecule has 110 valence electrons. The Hall–Kier alpha value is -1.55. The second kappa shape index (κ2) is 8.59. The highest BCUT2D eigenvalue weighted by Gasteiger charge is 2.12. The van der Waals surface area contributed by atoms with E-state index in [0.29, 0.717) is 29.2 Å². The number of aliphatic carboxylic acids is 1. The first kappa shape index (κ1) is 16.5. The molecular formula is C15H19ClO4. The maximum atomic E-state index is 12.1. The highest BCUT2D eigenvalue weighted by molar-refractivity contribution is 6.30. The van der Waals surface area contributed by atoms with Crippen molar-refractivity contribution in [1.29, 1.82) is 0 Å². The number of ether oxygens (including phenoxy) is 1. The summed E-state index contributed by atoms with van der Waals surface area (Å²) in [5, 5.41) is 9.04. The number of carbonyl (C=O) groups is 2. The molecule has 1 N–H and O–H groups in total. The molecule has 0 spiro atoms. The number of hydrogen-bond donors (Lipinski definition) is 1. The second-order valence-corrected chi connectivity index (χ2v) is 5.01. The molecule has 0 saturated carbocycles. The topological polar surface area (TPSA) is 63.6 Å². The minimum atomic E-state index is -0.771. The van der Waals surface area contributed by atoms with Crippen molar-refractivity contribution in [2.45, 2.75) is 38.5 Å². The van der Waals surface area contributed by atoms with Gasteiger partial charge < -0.3 is 9.84 Å². The van der Waals surface area contributed by atoms with Crippen LogP contribution in [-0.2, 0) is 4.79 Å². The van der Waals surface area contributed by atoms with Crippen LogP contribution in [0.5, 0.6) is 5.75 Å². The smallest absolute Gasteiger partial charge is 0.303 e. The van der Waals surface area contributed by atoms with E-state index in [1.165, 1.54) is 7.11 Å². The van der Waals surface area contributed by atoms with Gasteiger partial charge in [-0.15, -0.1) is 0 Å². The van der Waals surface area contributed by atoms with E-state index >= 15 is 0 Å². The standard InChI is InChI=1S/C15H19ClO4/c1-20-14-10-11(16)8-9-12(14)13(17)6-4-2-3-5-7-15(18)19/h8-10H,2-7H2,1H3,(H,18,19). The molecule has 0 atom stereocenters. The number of carboxylic acid groups (broad SMARTS) is 1. The quantitative estimate of drug-likeness (QED) is 0.554. The first-order valence-corrected chi connectivity index (χ1v) is 7.01. The third-order valence-electron chi connectivity index (χ3n) is 3.01. The van der Waals surface area contributed by atoms with E-state index in [4.69, 9.17) is 21.4 Å². The maximum Gasteiger partial charge on any atom is 0.303 e. The largest absolute Gasteiger partial charge is 0.496 e. The van der Waals surface area contributed by atoms with Crippen molar-refractivity contribution < 1.29 is 19.4 Å². The van der Waals surface area contributed by atoms with Crippen molar-refractivity contribution in [1.82, 2.24) is 0 Å². The highest BCUT2D eigenvalue weighted by atomic mass is 35.5. The molecule has 0 bridgehead atoms. The predicted octanol–water partition coefficient (Wildman–Crippen LogP) is 3.96. The molecule has 1 aromatic rings. The zero-order valence-electron chi connectivity index (χ0n) is 11.5. The van der Waals surface area contributed by atoms with Crippen molar-refractivity contribution in [2.24, 2.45) is 0 Å². The van der Waals surface area contributed by atoms with Gasteiger partial charge in [0.05, 0.1) is 12.7 Å². The third-order valence-corrected chi connectivity index (χ3v) is 3.24. The van der Waals surface area contributed by atoms with Gasteiger partial charge in [0.2, 0.25) is 0 Å². The Morgan fingerprint density at radius 2 is 1.80 bits per heavy atom. The van der Waals surface area contributed by atoms with Crippen molar-refractivity contribution in [3.8, 4) is 5.75 Å². The Labute approximate surface area is 123 Å². The van der Waals surface area contributed by atoms with E-state index in [1.807, 2.05) is 0 Å². The van der Waals surface area contributed by atoms with E-state index in [2.05, 4.69) is 0 Å². The average Bonchev–Trinajstić information content (AvgIpc) is 2.41. The monoisotopic (exact) mass is 298 g/mol. The molecule has 5 heteroatoms. The molecule has 4 nitrogen and oxygen atoms in total. The summed E-state index contributed by atoms with van der Waals surface area (Å²) in [6, 6.07) is 4.97. The summed E-state index contributed by atoms with van der Waals surface area (Å²) in [5.74, 6) is -0.253. The van der Waals surface area contributed by atoms with Crippen LogP contribution in [0.15, 0.2) is 18.2 Å². The highest BCUT2D eigenvalue weighted by Crippen LogP contribution is 2.25. The molecule has 0 aliphatic carbocycles.